The Morgan fingerprint density at radius 1 is 1.71 bits per heavy atom. The third-order valence-electron chi connectivity index (χ3n) is 2.20. The second-order valence-electron chi connectivity index (χ2n) is 3.51. The van der Waals surface area contributed by atoms with E-state index in [0.29, 0.717) is 22.6 Å². The predicted molar refractivity (Wildman–Crippen MR) is 66.3 cm³/mol. The number of carbonyl (C=O) groups excluding carboxylic acids is 1. The van der Waals surface area contributed by atoms with Crippen molar-refractivity contribution in [1.29, 1.82) is 0 Å². The normalized spacial score (nSPS) is 10.4. The minimum absolute atomic E-state index is 0.0543. The van der Waals surface area contributed by atoms with Gasteiger partial charge in [0.25, 0.3) is 0 Å². The molecule has 0 fully saturated rings. The molecule has 0 radical (unpaired) electrons. The fourth-order valence-corrected chi connectivity index (χ4v) is 2.62. The highest BCUT2D eigenvalue weighted by molar-refractivity contribution is 7.73. The summed E-state index contributed by atoms with van der Waals surface area (Å²) < 4.78 is 5.37. The minimum atomic E-state index is -0.0543. The SMILES string of the molecule is Cc1[nH]c(=S)sc1CC(=O)NCc1ccon1. The molecule has 0 saturated heterocycles. The molecule has 0 bridgehead atoms. The number of aromatic amines is 1. The van der Waals surface area contributed by atoms with Crippen LogP contribution in [0.4, 0.5) is 0 Å². The Kier molecular flexibility index (Phi) is 3.70. The number of aryl methyl sites for hydroxylation is 1. The lowest BCUT2D eigenvalue weighted by molar-refractivity contribution is -0.120. The number of thiazole rings is 1. The molecule has 0 aliphatic carbocycles. The number of hydrogen-bond donors (Lipinski definition) is 2. The number of nitrogens with zero attached hydrogens (tertiary/aromatic N) is 1. The van der Waals surface area contributed by atoms with Crippen LogP contribution < -0.4 is 5.32 Å². The Balaban J connectivity index is 1.89. The number of H-pyrrole nitrogens is 1. The van der Waals surface area contributed by atoms with Crippen LogP contribution in [0.25, 0.3) is 0 Å². The standard InChI is InChI=1S/C10H11N3O2S2/c1-6-8(17-10(16)12-6)4-9(14)11-5-7-2-3-15-13-7/h2-3H,4-5H2,1H3,(H,11,14)(H,12,16). The number of nitrogens with one attached hydrogen (secondary N) is 2. The van der Waals surface area contributed by atoms with Crippen molar-refractivity contribution in [3.63, 3.8) is 0 Å². The minimum Gasteiger partial charge on any atom is -0.364 e. The van der Waals surface area contributed by atoms with Crippen molar-refractivity contribution in [2.45, 2.75) is 19.9 Å². The molecule has 5 nitrogen and oxygen atoms in total. The Morgan fingerprint density at radius 2 is 2.53 bits per heavy atom. The number of hydrogen-bond acceptors (Lipinski definition) is 5. The van der Waals surface area contributed by atoms with Gasteiger partial charge in [0.05, 0.1) is 13.0 Å². The Morgan fingerprint density at radius 3 is 3.12 bits per heavy atom. The number of rotatable bonds is 4. The molecule has 90 valence electrons. The average molecular weight is 269 g/mol. The van der Waals surface area contributed by atoms with Crippen LogP contribution in [-0.2, 0) is 17.8 Å². The van der Waals surface area contributed by atoms with Crippen LogP contribution in [0.1, 0.15) is 16.3 Å². The summed E-state index contributed by atoms with van der Waals surface area (Å²) in [4.78, 5) is 15.6. The van der Waals surface area contributed by atoms with E-state index in [4.69, 9.17) is 12.2 Å². The molecule has 0 aromatic carbocycles. The molecular weight excluding hydrogens is 258 g/mol. The number of amides is 1. The topological polar surface area (TPSA) is 70.9 Å². The fourth-order valence-electron chi connectivity index (χ4n) is 1.33. The van der Waals surface area contributed by atoms with Crippen molar-refractivity contribution in [2.24, 2.45) is 0 Å². The fraction of sp³-hybridized carbons (Fsp3) is 0.300. The summed E-state index contributed by atoms with van der Waals surface area (Å²) >= 11 is 6.44. The first-order valence-electron chi connectivity index (χ1n) is 4.99. The van der Waals surface area contributed by atoms with Crippen molar-refractivity contribution in [3.05, 3.63) is 32.5 Å². The lowest BCUT2D eigenvalue weighted by atomic mass is 10.3. The first-order chi connectivity index (χ1) is 8.15. The number of aromatic nitrogens is 2. The molecule has 0 spiro atoms. The highest BCUT2D eigenvalue weighted by Gasteiger charge is 2.08. The van der Waals surface area contributed by atoms with Crippen molar-refractivity contribution >= 4 is 29.5 Å². The molecule has 0 unspecified atom stereocenters. The monoisotopic (exact) mass is 269 g/mol. The van der Waals surface area contributed by atoms with Gasteiger partial charge in [0.15, 0.2) is 3.95 Å². The van der Waals surface area contributed by atoms with Gasteiger partial charge < -0.3 is 14.8 Å². The van der Waals surface area contributed by atoms with Crippen molar-refractivity contribution in [2.75, 3.05) is 0 Å². The largest absolute Gasteiger partial charge is 0.364 e. The maximum Gasteiger partial charge on any atom is 0.225 e. The summed E-state index contributed by atoms with van der Waals surface area (Å²) in [5, 5.41) is 6.47. The summed E-state index contributed by atoms with van der Waals surface area (Å²) in [5.41, 5.74) is 1.66. The Labute approximate surface area is 107 Å². The van der Waals surface area contributed by atoms with Crippen molar-refractivity contribution < 1.29 is 9.32 Å². The third-order valence-corrected chi connectivity index (χ3v) is 3.54. The van der Waals surface area contributed by atoms with E-state index in [-0.39, 0.29) is 5.91 Å². The molecule has 2 rings (SSSR count). The molecule has 0 saturated carbocycles. The molecule has 0 aliphatic rings. The van der Waals surface area contributed by atoms with Gasteiger partial charge in [-0.1, -0.05) is 5.16 Å². The van der Waals surface area contributed by atoms with Gasteiger partial charge in [-0.25, -0.2) is 0 Å². The average Bonchev–Trinajstić information content (AvgIpc) is 2.87. The van der Waals surface area contributed by atoms with Gasteiger partial charge in [-0.2, -0.15) is 0 Å². The van der Waals surface area contributed by atoms with Gasteiger partial charge >= 0.3 is 0 Å². The van der Waals surface area contributed by atoms with Gasteiger partial charge in [0.1, 0.15) is 12.0 Å². The van der Waals surface area contributed by atoms with Crippen molar-refractivity contribution in [3.8, 4) is 0 Å². The Bertz CT molecular complexity index is 556. The smallest absolute Gasteiger partial charge is 0.225 e. The van der Waals surface area contributed by atoms with Gasteiger partial charge in [0.2, 0.25) is 5.91 Å². The number of carbonyl (C=O) groups is 1. The van der Waals surface area contributed by atoms with Crippen LogP contribution >= 0.6 is 23.6 Å². The first-order valence-corrected chi connectivity index (χ1v) is 6.22. The Hall–Kier alpha value is -1.47. The molecule has 1 amide bonds. The molecule has 2 aromatic rings. The van der Waals surface area contributed by atoms with Crippen LogP contribution in [0.3, 0.4) is 0 Å². The highest BCUT2D eigenvalue weighted by atomic mass is 32.1. The molecule has 2 N–H and O–H groups in total. The molecule has 0 aliphatic heterocycles. The lowest BCUT2D eigenvalue weighted by Gasteiger charge is -2.01. The second-order valence-corrected chi connectivity index (χ2v) is 5.28. The van der Waals surface area contributed by atoms with E-state index in [2.05, 4.69) is 20.0 Å². The van der Waals surface area contributed by atoms with Gasteiger partial charge in [-0.3, -0.25) is 4.79 Å². The summed E-state index contributed by atoms with van der Waals surface area (Å²) in [6, 6.07) is 1.71. The van der Waals surface area contributed by atoms with E-state index in [0.717, 1.165) is 10.6 Å². The molecule has 17 heavy (non-hydrogen) atoms. The van der Waals surface area contributed by atoms with E-state index in [1.807, 2.05) is 6.92 Å². The van der Waals surface area contributed by atoms with Crippen LogP contribution in [-0.4, -0.2) is 16.0 Å². The molecule has 2 heterocycles. The maximum absolute atomic E-state index is 11.7. The van der Waals surface area contributed by atoms with Crippen LogP contribution in [0, 0.1) is 10.9 Å². The van der Waals surface area contributed by atoms with E-state index in [1.165, 1.54) is 17.6 Å². The van der Waals surface area contributed by atoms with Crippen LogP contribution in [0.15, 0.2) is 16.9 Å². The summed E-state index contributed by atoms with van der Waals surface area (Å²) in [6.07, 6.45) is 1.81. The van der Waals surface area contributed by atoms with Gasteiger partial charge in [-0.05, 0) is 19.1 Å². The summed E-state index contributed by atoms with van der Waals surface area (Å²) in [7, 11) is 0. The molecule has 0 atom stereocenters. The van der Waals surface area contributed by atoms with E-state index < -0.39 is 0 Å². The molecule has 7 heteroatoms. The van der Waals surface area contributed by atoms with Gasteiger partial charge in [0, 0.05) is 16.6 Å². The van der Waals surface area contributed by atoms with E-state index in [1.54, 1.807) is 6.07 Å². The van der Waals surface area contributed by atoms with Gasteiger partial charge in [-0.15, -0.1) is 11.3 Å². The first kappa shape index (κ1) is 12.0. The zero-order chi connectivity index (χ0) is 12.3. The zero-order valence-electron chi connectivity index (χ0n) is 9.15. The second kappa shape index (κ2) is 5.24. The quantitative estimate of drug-likeness (QED) is 0.832. The predicted octanol–water partition coefficient (Wildman–Crippen LogP) is 1.96. The third kappa shape index (κ3) is 3.24. The molecule has 2 aromatic heterocycles. The van der Waals surface area contributed by atoms with E-state index >= 15 is 0 Å². The lowest BCUT2D eigenvalue weighted by Crippen LogP contribution is -2.24. The molecular formula is C10H11N3O2S2. The van der Waals surface area contributed by atoms with Crippen LogP contribution in [0.5, 0.6) is 0 Å². The van der Waals surface area contributed by atoms with Crippen molar-refractivity contribution in [1.82, 2.24) is 15.5 Å². The summed E-state index contributed by atoms with van der Waals surface area (Å²) in [5.74, 6) is -0.0543. The highest BCUT2D eigenvalue weighted by Crippen LogP contribution is 2.14. The zero-order valence-corrected chi connectivity index (χ0v) is 10.8. The summed E-state index contributed by atoms with van der Waals surface area (Å²) in [6.45, 7) is 2.29. The van der Waals surface area contributed by atoms with Crippen LogP contribution in [0.2, 0.25) is 0 Å². The maximum atomic E-state index is 11.7. The van der Waals surface area contributed by atoms with E-state index in [9.17, 15) is 4.79 Å².